The van der Waals surface area contributed by atoms with E-state index in [4.69, 9.17) is 11.6 Å². The maximum absolute atomic E-state index is 10.6. The molecule has 6 nitrogen and oxygen atoms in total. The van der Waals surface area contributed by atoms with Crippen LogP contribution in [-0.4, -0.2) is 43.5 Å². The smallest absolute Gasteiger partial charge is 0.124 e. The van der Waals surface area contributed by atoms with E-state index in [1.165, 1.54) is 0 Å². The largest absolute Gasteiger partial charge is 0.382 e. The number of nitrogens with zero attached hydrogens (tertiary/aromatic N) is 4. The van der Waals surface area contributed by atoms with Gasteiger partial charge in [0.1, 0.15) is 11.3 Å². The zero-order valence-electron chi connectivity index (χ0n) is 10.3. The second kappa shape index (κ2) is 4.88. The van der Waals surface area contributed by atoms with Gasteiger partial charge in [-0.3, -0.25) is 9.88 Å². The summed E-state index contributed by atoms with van der Waals surface area (Å²) in [4.78, 5) is 6.12. The summed E-state index contributed by atoms with van der Waals surface area (Å²) in [5, 5.41) is 21.5. The van der Waals surface area contributed by atoms with Gasteiger partial charge >= 0.3 is 0 Å². The Labute approximate surface area is 115 Å². The minimum atomic E-state index is -0.924. The Morgan fingerprint density at radius 3 is 3.11 bits per heavy atom. The molecule has 1 aliphatic heterocycles. The van der Waals surface area contributed by atoms with Crippen LogP contribution in [0.5, 0.6) is 0 Å². The third-order valence-electron chi connectivity index (χ3n) is 3.47. The fraction of sp³-hybridized carbons (Fsp3) is 0.417. The Hall–Kier alpha value is -1.50. The zero-order chi connectivity index (χ0) is 13.3. The number of hydrogen-bond acceptors (Lipinski definition) is 5. The second-order valence-electron chi connectivity index (χ2n) is 4.81. The number of β-amino-alcohol motifs (C(OH)–C–C–N with tert-alkyl or cyclic N) is 1. The van der Waals surface area contributed by atoms with Gasteiger partial charge in [0.15, 0.2) is 0 Å². The van der Waals surface area contributed by atoms with Crippen LogP contribution in [0.1, 0.15) is 17.7 Å². The summed E-state index contributed by atoms with van der Waals surface area (Å²) in [5.74, 6) is 0. The average Bonchev–Trinajstić information content (AvgIpc) is 3.03. The molecule has 7 heteroatoms. The van der Waals surface area contributed by atoms with Crippen molar-refractivity contribution in [1.29, 1.82) is 0 Å². The van der Waals surface area contributed by atoms with Crippen LogP contribution in [0.3, 0.4) is 0 Å². The molecular weight excluding hydrogens is 266 g/mol. The number of likely N-dealkylation sites (tertiary alicyclic amines) is 1. The van der Waals surface area contributed by atoms with Gasteiger partial charge in [0.05, 0.1) is 11.2 Å². The van der Waals surface area contributed by atoms with E-state index in [1.54, 1.807) is 18.6 Å². The Morgan fingerprint density at radius 2 is 2.37 bits per heavy atom. The van der Waals surface area contributed by atoms with E-state index in [1.807, 2.05) is 6.07 Å². The molecule has 19 heavy (non-hydrogen) atoms. The lowest BCUT2D eigenvalue weighted by Crippen LogP contribution is -2.31. The van der Waals surface area contributed by atoms with Gasteiger partial charge in [-0.25, -0.2) is 0 Å². The lowest BCUT2D eigenvalue weighted by molar-refractivity contribution is 0.0409. The van der Waals surface area contributed by atoms with Crippen LogP contribution in [0, 0.1) is 0 Å². The highest BCUT2D eigenvalue weighted by molar-refractivity contribution is 6.31. The lowest BCUT2D eigenvalue weighted by Gasteiger charge is -2.21. The Kier molecular flexibility index (Phi) is 3.22. The summed E-state index contributed by atoms with van der Waals surface area (Å²) in [7, 11) is 0. The fourth-order valence-corrected chi connectivity index (χ4v) is 2.59. The molecule has 0 amide bonds. The van der Waals surface area contributed by atoms with Crippen molar-refractivity contribution in [1.82, 2.24) is 25.3 Å². The first kappa shape index (κ1) is 12.5. The molecule has 1 saturated heterocycles. The zero-order valence-corrected chi connectivity index (χ0v) is 11.0. The Balaban J connectivity index is 1.71. The minimum absolute atomic E-state index is 0.526. The van der Waals surface area contributed by atoms with Crippen molar-refractivity contribution in [3.8, 4) is 0 Å². The van der Waals surface area contributed by atoms with Crippen molar-refractivity contribution in [2.24, 2.45) is 0 Å². The van der Waals surface area contributed by atoms with Crippen LogP contribution >= 0.6 is 11.6 Å². The molecule has 0 aliphatic carbocycles. The predicted molar refractivity (Wildman–Crippen MR) is 69.4 cm³/mol. The molecule has 3 heterocycles. The van der Waals surface area contributed by atoms with Gasteiger partial charge in [0, 0.05) is 32.0 Å². The van der Waals surface area contributed by atoms with Gasteiger partial charge in [-0.15, -0.1) is 0 Å². The summed E-state index contributed by atoms with van der Waals surface area (Å²) >= 11 is 6.09. The monoisotopic (exact) mass is 279 g/mol. The van der Waals surface area contributed by atoms with Gasteiger partial charge in [-0.05, 0) is 18.1 Å². The number of halogens is 1. The van der Waals surface area contributed by atoms with Gasteiger partial charge in [-0.2, -0.15) is 15.4 Å². The average molecular weight is 280 g/mol. The van der Waals surface area contributed by atoms with Gasteiger partial charge in [0.2, 0.25) is 0 Å². The van der Waals surface area contributed by atoms with Crippen LogP contribution in [0.4, 0.5) is 0 Å². The lowest BCUT2D eigenvalue weighted by atomic mass is 10.00. The van der Waals surface area contributed by atoms with Crippen LogP contribution in [0.2, 0.25) is 5.02 Å². The van der Waals surface area contributed by atoms with Gasteiger partial charge in [-0.1, -0.05) is 11.6 Å². The highest BCUT2D eigenvalue weighted by Gasteiger charge is 2.39. The first-order valence-electron chi connectivity index (χ1n) is 6.07. The molecule has 2 aromatic rings. The van der Waals surface area contributed by atoms with E-state index in [0.29, 0.717) is 30.2 Å². The second-order valence-corrected chi connectivity index (χ2v) is 5.22. The number of aliphatic hydroxyl groups is 1. The fourth-order valence-electron chi connectivity index (χ4n) is 2.41. The highest BCUT2D eigenvalue weighted by atomic mass is 35.5. The third-order valence-corrected chi connectivity index (χ3v) is 3.81. The first-order chi connectivity index (χ1) is 9.17. The molecule has 1 aliphatic rings. The molecule has 1 fully saturated rings. The molecule has 3 rings (SSSR count). The van der Waals surface area contributed by atoms with E-state index >= 15 is 0 Å². The Morgan fingerprint density at radius 1 is 1.47 bits per heavy atom. The van der Waals surface area contributed by atoms with Gasteiger partial charge < -0.3 is 5.11 Å². The molecular formula is C12H14ClN5O. The first-order valence-corrected chi connectivity index (χ1v) is 6.44. The SMILES string of the molecule is O[C@]1(c2cn[nH]n2)CCN(Cc2ccncc2Cl)C1. The normalized spacial score (nSPS) is 23.9. The van der Waals surface area contributed by atoms with Crippen molar-refractivity contribution < 1.29 is 5.11 Å². The summed E-state index contributed by atoms with van der Waals surface area (Å²) in [6.07, 6.45) is 5.57. The number of H-pyrrole nitrogens is 1. The van der Waals surface area contributed by atoms with Gasteiger partial charge in [0.25, 0.3) is 0 Å². The number of rotatable bonds is 3. The molecule has 0 unspecified atom stereocenters. The molecule has 2 N–H and O–H groups in total. The number of pyridine rings is 1. The molecule has 0 aromatic carbocycles. The summed E-state index contributed by atoms with van der Waals surface area (Å²) < 4.78 is 0. The minimum Gasteiger partial charge on any atom is -0.382 e. The highest BCUT2D eigenvalue weighted by Crippen LogP contribution is 2.31. The maximum Gasteiger partial charge on any atom is 0.124 e. The topological polar surface area (TPSA) is 77.9 Å². The number of hydrogen-bond donors (Lipinski definition) is 2. The summed E-state index contributed by atoms with van der Waals surface area (Å²) in [6, 6.07) is 1.90. The number of nitrogens with one attached hydrogen (secondary N) is 1. The predicted octanol–water partition coefficient (Wildman–Crippen LogP) is 0.947. The van der Waals surface area contributed by atoms with Crippen LogP contribution in [-0.2, 0) is 12.1 Å². The van der Waals surface area contributed by atoms with E-state index in [9.17, 15) is 5.11 Å². The van der Waals surface area contributed by atoms with Crippen molar-refractivity contribution >= 4 is 11.6 Å². The molecule has 0 bridgehead atoms. The molecule has 1 atom stereocenters. The Bertz CT molecular complexity index is 561. The summed E-state index contributed by atoms with van der Waals surface area (Å²) in [5.41, 5.74) is 0.684. The molecule has 0 radical (unpaired) electrons. The molecule has 0 saturated carbocycles. The van der Waals surface area contributed by atoms with Crippen molar-refractivity contribution in [2.45, 2.75) is 18.6 Å². The van der Waals surface area contributed by atoms with Crippen molar-refractivity contribution in [3.05, 3.63) is 40.9 Å². The molecule has 0 spiro atoms. The van der Waals surface area contributed by atoms with E-state index in [-0.39, 0.29) is 0 Å². The maximum atomic E-state index is 10.6. The third kappa shape index (κ3) is 2.47. The van der Waals surface area contributed by atoms with E-state index < -0.39 is 5.60 Å². The molecule has 2 aromatic heterocycles. The van der Waals surface area contributed by atoms with E-state index in [0.717, 1.165) is 12.1 Å². The number of aromatic amines is 1. The summed E-state index contributed by atoms with van der Waals surface area (Å²) in [6.45, 7) is 2.02. The standard InChI is InChI=1S/C12H14ClN5O/c13-10-5-14-3-1-9(10)7-18-4-2-12(19,8-18)11-6-15-17-16-11/h1,3,5-6,19H,2,4,7-8H2,(H,15,16,17)/t12-/m1/s1. The number of aromatic nitrogens is 4. The van der Waals surface area contributed by atoms with Crippen molar-refractivity contribution in [3.63, 3.8) is 0 Å². The molecule has 100 valence electrons. The van der Waals surface area contributed by atoms with Crippen LogP contribution in [0.25, 0.3) is 0 Å². The van der Waals surface area contributed by atoms with Crippen LogP contribution < -0.4 is 0 Å². The van der Waals surface area contributed by atoms with Crippen LogP contribution in [0.15, 0.2) is 24.7 Å². The van der Waals surface area contributed by atoms with E-state index in [2.05, 4.69) is 25.3 Å². The van der Waals surface area contributed by atoms with Crippen molar-refractivity contribution in [2.75, 3.05) is 13.1 Å². The quantitative estimate of drug-likeness (QED) is 0.874.